The molecule has 2 heteroatoms. The van der Waals surface area contributed by atoms with Gasteiger partial charge in [0.25, 0.3) is 0 Å². The van der Waals surface area contributed by atoms with Gasteiger partial charge < -0.3 is 5.11 Å². The van der Waals surface area contributed by atoms with E-state index in [1.165, 1.54) is 16.5 Å². The predicted molar refractivity (Wildman–Crippen MR) is 79.0 cm³/mol. The monoisotopic (exact) mass is 266 g/mol. The van der Waals surface area contributed by atoms with E-state index in [9.17, 15) is 9.90 Å². The minimum Gasteiger partial charge on any atom is -0.508 e. The van der Waals surface area contributed by atoms with Crippen molar-refractivity contribution in [3.8, 4) is 5.75 Å². The van der Waals surface area contributed by atoms with Gasteiger partial charge in [-0.15, -0.1) is 0 Å². The van der Waals surface area contributed by atoms with E-state index in [1.54, 1.807) is 6.07 Å². The minimum atomic E-state index is -0.141. The molecule has 2 nitrogen and oxygen atoms in total. The summed E-state index contributed by atoms with van der Waals surface area (Å²) in [7, 11) is 0. The summed E-state index contributed by atoms with van der Waals surface area (Å²) in [5.41, 5.74) is 2.61. The standard InChI is InChI=1S/C18H18O2/c1-18-9-8-14-13-5-3-12(19)10-11(13)2-4-15(14)16(18)6-7-17(18)20/h2-5,10,16,19H,6-9H2,1H3/t16-,18+/m1/s1. The molecule has 0 unspecified atom stereocenters. The SMILES string of the molecule is C[C@]12CCc3c(ccc4cc(O)ccc34)[C@H]1CCC2=O. The van der Waals surface area contributed by atoms with E-state index < -0.39 is 0 Å². The molecule has 1 saturated carbocycles. The molecule has 102 valence electrons. The number of hydrogen-bond donors (Lipinski definition) is 1. The van der Waals surface area contributed by atoms with Crippen LogP contribution in [0.2, 0.25) is 0 Å². The zero-order valence-electron chi connectivity index (χ0n) is 11.6. The first-order chi connectivity index (χ1) is 9.59. The van der Waals surface area contributed by atoms with Gasteiger partial charge in [-0.3, -0.25) is 4.79 Å². The average molecular weight is 266 g/mol. The van der Waals surface area contributed by atoms with Gasteiger partial charge in [-0.05, 0) is 59.2 Å². The van der Waals surface area contributed by atoms with Crippen LogP contribution >= 0.6 is 0 Å². The van der Waals surface area contributed by atoms with Gasteiger partial charge in [-0.2, -0.15) is 0 Å². The third-order valence-electron chi connectivity index (χ3n) is 5.49. The van der Waals surface area contributed by atoms with E-state index in [0.29, 0.717) is 17.5 Å². The molecule has 0 aliphatic heterocycles. The van der Waals surface area contributed by atoms with Crippen LogP contribution in [0.5, 0.6) is 5.75 Å². The molecule has 2 aromatic rings. The van der Waals surface area contributed by atoms with Crippen LogP contribution in [0.3, 0.4) is 0 Å². The molecule has 0 bridgehead atoms. The third-order valence-corrected chi connectivity index (χ3v) is 5.49. The molecule has 2 aliphatic rings. The van der Waals surface area contributed by atoms with Crippen LogP contribution in [0.25, 0.3) is 10.8 Å². The number of benzene rings is 2. The molecule has 0 aromatic heterocycles. The normalized spacial score (nSPS) is 28.4. The van der Waals surface area contributed by atoms with Crippen LogP contribution in [-0.2, 0) is 11.2 Å². The van der Waals surface area contributed by atoms with Crippen molar-refractivity contribution in [1.82, 2.24) is 0 Å². The van der Waals surface area contributed by atoms with E-state index in [4.69, 9.17) is 0 Å². The van der Waals surface area contributed by atoms with Crippen molar-refractivity contribution in [2.75, 3.05) is 0 Å². The summed E-state index contributed by atoms with van der Waals surface area (Å²) in [5.74, 6) is 1.14. The van der Waals surface area contributed by atoms with Crippen LogP contribution in [0.1, 0.15) is 43.2 Å². The molecule has 2 aliphatic carbocycles. The fourth-order valence-corrected chi connectivity index (χ4v) is 4.27. The zero-order chi connectivity index (χ0) is 13.9. The number of Topliss-reactive ketones (excluding diaryl/α,β-unsaturated/α-hetero) is 1. The number of phenols is 1. The second-order valence-corrected chi connectivity index (χ2v) is 6.47. The first kappa shape index (κ1) is 12.0. The van der Waals surface area contributed by atoms with Crippen LogP contribution in [-0.4, -0.2) is 10.9 Å². The van der Waals surface area contributed by atoms with Gasteiger partial charge in [-0.25, -0.2) is 0 Å². The lowest BCUT2D eigenvalue weighted by Gasteiger charge is -2.37. The lowest BCUT2D eigenvalue weighted by molar-refractivity contribution is -0.126. The Bertz CT molecular complexity index is 732. The summed E-state index contributed by atoms with van der Waals surface area (Å²) in [6.07, 6.45) is 3.65. The molecule has 4 rings (SSSR count). The molecule has 0 spiro atoms. The number of aryl methyl sites for hydroxylation is 1. The van der Waals surface area contributed by atoms with Crippen LogP contribution < -0.4 is 0 Å². The first-order valence-corrected chi connectivity index (χ1v) is 7.37. The predicted octanol–water partition coefficient (Wildman–Crippen LogP) is 3.94. The fourth-order valence-electron chi connectivity index (χ4n) is 4.27. The minimum absolute atomic E-state index is 0.141. The maximum absolute atomic E-state index is 12.2. The number of fused-ring (bicyclic) bond motifs is 5. The summed E-state index contributed by atoms with van der Waals surface area (Å²) in [6.45, 7) is 2.15. The van der Waals surface area contributed by atoms with Crippen molar-refractivity contribution in [1.29, 1.82) is 0 Å². The number of rotatable bonds is 0. The Balaban J connectivity index is 1.95. The van der Waals surface area contributed by atoms with Crippen LogP contribution in [0.4, 0.5) is 0 Å². The first-order valence-electron chi connectivity index (χ1n) is 7.37. The highest BCUT2D eigenvalue weighted by atomic mass is 16.3. The second-order valence-electron chi connectivity index (χ2n) is 6.47. The van der Waals surface area contributed by atoms with Crippen molar-refractivity contribution in [2.24, 2.45) is 5.41 Å². The molecule has 0 saturated heterocycles. The zero-order valence-corrected chi connectivity index (χ0v) is 11.6. The van der Waals surface area contributed by atoms with E-state index in [-0.39, 0.29) is 5.41 Å². The third kappa shape index (κ3) is 1.42. The Labute approximate surface area is 118 Å². The average Bonchev–Trinajstić information content (AvgIpc) is 2.74. The molecular weight excluding hydrogens is 248 g/mol. The Morgan fingerprint density at radius 2 is 2.05 bits per heavy atom. The number of hydrogen-bond acceptors (Lipinski definition) is 2. The highest BCUT2D eigenvalue weighted by molar-refractivity contribution is 5.92. The van der Waals surface area contributed by atoms with Crippen molar-refractivity contribution in [3.63, 3.8) is 0 Å². The molecular formula is C18H18O2. The Morgan fingerprint density at radius 3 is 2.90 bits per heavy atom. The van der Waals surface area contributed by atoms with E-state index >= 15 is 0 Å². The van der Waals surface area contributed by atoms with E-state index in [1.807, 2.05) is 12.1 Å². The molecule has 0 amide bonds. The smallest absolute Gasteiger partial charge is 0.139 e. The van der Waals surface area contributed by atoms with Gasteiger partial charge in [0.05, 0.1) is 0 Å². The quantitative estimate of drug-likeness (QED) is 0.784. The van der Waals surface area contributed by atoms with Gasteiger partial charge in [0.15, 0.2) is 0 Å². The van der Waals surface area contributed by atoms with Gasteiger partial charge >= 0.3 is 0 Å². The molecule has 2 atom stereocenters. The molecule has 0 radical (unpaired) electrons. The topological polar surface area (TPSA) is 37.3 Å². The van der Waals surface area contributed by atoms with Gasteiger partial charge in [0.2, 0.25) is 0 Å². The molecule has 20 heavy (non-hydrogen) atoms. The highest BCUT2D eigenvalue weighted by Crippen LogP contribution is 2.54. The summed E-state index contributed by atoms with van der Waals surface area (Å²) in [6, 6.07) is 9.86. The molecule has 1 N–H and O–H groups in total. The number of ketones is 1. The lowest BCUT2D eigenvalue weighted by Crippen LogP contribution is -2.32. The maximum atomic E-state index is 12.2. The van der Waals surface area contributed by atoms with Crippen molar-refractivity contribution >= 4 is 16.6 Å². The Kier molecular flexibility index (Phi) is 2.30. The Hall–Kier alpha value is -1.83. The van der Waals surface area contributed by atoms with Crippen LogP contribution in [0, 0.1) is 5.41 Å². The Morgan fingerprint density at radius 1 is 1.20 bits per heavy atom. The van der Waals surface area contributed by atoms with Gasteiger partial charge in [-0.1, -0.05) is 25.1 Å². The molecule has 0 heterocycles. The van der Waals surface area contributed by atoms with Crippen molar-refractivity contribution in [2.45, 2.75) is 38.5 Å². The highest BCUT2D eigenvalue weighted by Gasteiger charge is 2.49. The molecule has 1 fully saturated rings. The summed E-state index contributed by atoms with van der Waals surface area (Å²) < 4.78 is 0. The summed E-state index contributed by atoms with van der Waals surface area (Å²) in [4.78, 5) is 12.2. The maximum Gasteiger partial charge on any atom is 0.139 e. The number of carbonyl (C=O) groups excluding carboxylic acids is 1. The number of phenolic OH excluding ortho intramolecular Hbond substituents is 1. The van der Waals surface area contributed by atoms with E-state index in [2.05, 4.69) is 19.1 Å². The largest absolute Gasteiger partial charge is 0.508 e. The second kappa shape index (κ2) is 3.85. The lowest BCUT2D eigenvalue weighted by atomic mass is 9.66. The number of aromatic hydroxyl groups is 1. The number of carbonyl (C=O) groups is 1. The molecule has 2 aromatic carbocycles. The van der Waals surface area contributed by atoms with Crippen LogP contribution in [0.15, 0.2) is 30.3 Å². The summed E-state index contributed by atoms with van der Waals surface area (Å²) >= 11 is 0. The van der Waals surface area contributed by atoms with E-state index in [0.717, 1.165) is 31.1 Å². The van der Waals surface area contributed by atoms with Crippen molar-refractivity contribution in [3.05, 3.63) is 41.5 Å². The van der Waals surface area contributed by atoms with Gasteiger partial charge in [0, 0.05) is 11.8 Å². The fraction of sp³-hybridized carbons (Fsp3) is 0.389. The van der Waals surface area contributed by atoms with Crippen molar-refractivity contribution < 1.29 is 9.90 Å². The summed E-state index contributed by atoms with van der Waals surface area (Å²) in [5, 5.41) is 11.9. The van der Waals surface area contributed by atoms with Gasteiger partial charge in [0.1, 0.15) is 11.5 Å².